The summed E-state index contributed by atoms with van der Waals surface area (Å²) in [5.41, 5.74) is 2.06. The SMILES string of the molecule is CC(C)(C)c1cc(C(C)(C)C)c(NC(=O)c2c[nH]c3ccccc3c2=O)cc1O.CO. The van der Waals surface area contributed by atoms with Crippen LogP contribution in [0.3, 0.4) is 0 Å². The average Bonchev–Trinajstić information content (AvgIpc) is 2.68. The summed E-state index contributed by atoms with van der Waals surface area (Å²) < 4.78 is 0. The second-order valence-corrected chi connectivity index (χ2v) is 9.45. The van der Waals surface area contributed by atoms with Crippen molar-refractivity contribution in [3.63, 3.8) is 0 Å². The summed E-state index contributed by atoms with van der Waals surface area (Å²) in [7, 11) is 1.00. The predicted molar refractivity (Wildman–Crippen MR) is 126 cm³/mol. The molecule has 0 fully saturated rings. The van der Waals surface area contributed by atoms with Gasteiger partial charge in [-0.05, 0) is 40.2 Å². The van der Waals surface area contributed by atoms with Gasteiger partial charge in [-0.2, -0.15) is 0 Å². The zero-order chi connectivity index (χ0) is 23.6. The van der Waals surface area contributed by atoms with Crippen LogP contribution in [0.2, 0.25) is 0 Å². The molecule has 1 amide bonds. The maximum absolute atomic E-state index is 12.9. The molecule has 1 heterocycles. The molecule has 0 spiro atoms. The Morgan fingerprint density at radius 1 is 0.935 bits per heavy atom. The minimum atomic E-state index is -0.509. The van der Waals surface area contributed by atoms with Crippen LogP contribution in [0.4, 0.5) is 5.69 Å². The first-order chi connectivity index (χ1) is 14.4. The molecule has 166 valence electrons. The number of benzene rings is 2. The molecule has 0 saturated heterocycles. The fourth-order valence-electron chi connectivity index (χ4n) is 3.44. The lowest BCUT2D eigenvalue weighted by Gasteiger charge is -2.28. The van der Waals surface area contributed by atoms with E-state index in [0.717, 1.165) is 18.2 Å². The zero-order valence-electron chi connectivity index (χ0n) is 19.3. The van der Waals surface area contributed by atoms with E-state index < -0.39 is 5.91 Å². The number of aromatic amines is 1. The Morgan fingerprint density at radius 3 is 2.10 bits per heavy atom. The number of nitrogens with one attached hydrogen (secondary N) is 2. The molecule has 1 aromatic heterocycles. The smallest absolute Gasteiger partial charge is 0.261 e. The molecule has 0 atom stereocenters. The van der Waals surface area contributed by atoms with E-state index >= 15 is 0 Å². The Balaban J connectivity index is 0.00000166. The molecule has 6 nitrogen and oxygen atoms in total. The number of carbonyl (C=O) groups is 1. The lowest BCUT2D eigenvalue weighted by Crippen LogP contribution is -2.25. The van der Waals surface area contributed by atoms with Crippen LogP contribution in [-0.2, 0) is 10.8 Å². The maximum Gasteiger partial charge on any atom is 0.261 e. The van der Waals surface area contributed by atoms with Gasteiger partial charge in [0.25, 0.3) is 5.91 Å². The summed E-state index contributed by atoms with van der Waals surface area (Å²) in [6.45, 7) is 12.2. The van der Waals surface area contributed by atoms with Crippen molar-refractivity contribution >= 4 is 22.5 Å². The van der Waals surface area contributed by atoms with Crippen LogP contribution in [-0.4, -0.2) is 28.2 Å². The van der Waals surface area contributed by atoms with Gasteiger partial charge >= 0.3 is 0 Å². The van der Waals surface area contributed by atoms with Gasteiger partial charge in [-0.25, -0.2) is 0 Å². The summed E-state index contributed by atoms with van der Waals surface area (Å²) in [5, 5.41) is 20.9. The van der Waals surface area contributed by atoms with Crippen molar-refractivity contribution in [2.45, 2.75) is 52.4 Å². The number of amides is 1. The average molecular weight is 425 g/mol. The van der Waals surface area contributed by atoms with Gasteiger partial charge < -0.3 is 20.5 Å². The second-order valence-electron chi connectivity index (χ2n) is 9.45. The third-order valence-electron chi connectivity index (χ3n) is 5.03. The van der Waals surface area contributed by atoms with E-state index in [2.05, 4.69) is 10.3 Å². The Hall–Kier alpha value is -3.12. The van der Waals surface area contributed by atoms with Gasteiger partial charge in [0, 0.05) is 36.0 Å². The van der Waals surface area contributed by atoms with Crippen LogP contribution in [0, 0.1) is 0 Å². The molecule has 0 aliphatic rings. The summed E-state index contributed by atoms with van der Waals surface area (Å²) in [6.07, 6.45) is 1.43. The largest absolute Gasteiger partial charge is 0.508 e. The highest BCUT2D eigenvalue weighted by Gasteiger charge is 2.26. The van der Waals surface area contributed by atoms with Crippen LogP contribution < -0.4 is 10.7 Å². The fourth-order valence-corrected chi connectivity index (χ4v) is 3.44. The number of aromatic hydroxyl groups is 1. The third kappa shape index (κ3) is 5.14. The molecule has 0 aliphatic carbocycles. The molecule has 3 aromatic rings. The summed E-state index contributed by atoms with van der Waals surface area (Å²) in [5.74, 6) is -0.390. The van der Waals surface area contributed by atoms with Gasteiger partial charge in [-0.3, -0.25) is 9.59 Å². The topological polar surface area (TPSA) is 102 Å². The van der Waals surface area contributed by atoms with Crippen LogP contribution in [0.1, 0.15) is 63.0 Å². The highest BCUT2D eigenvalue weighted by molar-refractivity contribution is 6.06. The highest BCUT2D eigenvalue weighted by Crippen LogP contribution is 2.39. The number of hydrogen-bond acceptors (Lipinski definition) is 4. The molecule has 0 saturated carbocycles. The predicted octanol–water partition coefficient (Wildman–Crippen LogP) is 4.69. The molecule has 2 aromatic carbocycles. The first-order valence-corrected chi connectivity index (χ1v) is 10.1. The van der Waals surface area contributed by atoms with Crippen molar-refractivity contribution in [2.24, 2.45) is 0 Å². The number of rotatable bonds is 2. The Labute approximate surface area is 183 Å². The number of aliphatic hydroxyl groups excluding tert-OH is 1. The summed E-state index contributed by atoms with van der Waals surface area (Å²) in [6, 6.07) is 10.6. The number of carbonyl (C=O) groups excluding carboxylic acids is 1. The zero-order valence-corrected chi connectivity index (χ0v) is 19.3. The molecule has 31 heavy (non-hydrogen) atoms. The molecule has 4 N–H and O–H groups in total. The number of phenolic OH excluding ortho intramolecular Hbond substituents is 1. The number of phenols is 1. The van der Waals surface area contributed by atoms with Crippen molar-refractivity contribution in [3.8, 4) is 5.75 Å². The number of H-pyrrole nitrogens is 1. The number of fused-ring (bicyclic) bond motifs is 1. The number of aromatic nitrogens is 1. The number of aliphatic hydroxyl groups is 1. The lowest BCUT2D eigenvalue weighted by atomic mass is 9.79. The normalized spacial score (nSPS) is 11.6. The Bertz CT molecular complexity index is 1150. The van der Waals surface area contributed by atoms with E-state index in [1.165, 1.54) is 6.20 Å². The van der Waals surface area contributed by atoms with Gasteiger partial charge in [0.15, 0.2) is 0 Å². The van der Waals surface area contributed by atoms with Gasteiger partial charge in [0.05, 0.1) is 0 Å². The molecule has 0 aliphatic heterocycles. The van der Waals surface area contributed by atoms with Crippen LogP contribution in [0.25, 0.3) is 10.9 Å². The minimum absolute atomic E-state index is 0.0305. The number of para-hydroxylation sites is 1. The van der Waals surface area contributed by atoms with Crippen LogP contribution >= 0.6 is 0 Å². The molecule has 3 rings (SSSR count). The molecule has 6 heteroatoms. The van der Waals surface area contributed by atoms with Gasteiger partial charge in [-0.15, -0.1) is 0 Å². The number of hydrogen-bond donors (Lipinski definition) is 4. The molecule has 0 bridgehead atoms. The van der Waals surface area contributed by atoms with Gasteiger partial charge in [0.1, 0.15) is 11.3 Å². The van der Waals surface area contributed by atoms with Crippen molar-refractivity contribution in [2.75, 3.05) is 12.4 Å². The van der Waals surface area contributed by atoms with Crippen molar-refractivity contribution < 1.29 is 15.0 Å². The fraction of sp³-hybridized carbons (Fsp3) is 0.360. The van der Waals surface area contributed by atoms with E-state index in [0.29, 0.717) is 16.6 Å². The maximum atomic E-state index is 12.9. The quantitative estimate of drug-likeness (QED) is 0.479. The van der Waals surface area contributed by atoms with E-state index in [-0.39, 0.29) is 27.6 Å². The van der Waals surface area contributed by atoms with Crippen LogP contribution in [0.15, 0.2) is 47.4 Å². The minimum Gasteiger partial charge on any atom is -0.508 e. The van der Waals surface area contributed by atoms with Gasteiger partial charge in [0.2, 0.25) is 5.43 Å². The number of pyridine rings is 1. The van der Waals surface area contributed by atoms with E-state index in [1.54, 1.807) is 24.3 Å². The van der Waals surface area contributed by atoms with Crippen molar-refractivity contribution in [1.82, 2.24) is 4.98 Å². The van der Waals surface area contributed by atoms with Crippen molar-refractivity contribution in [3.05, 3.63) is 69.5 Å². The van der Waals surface area contributed by atoms with Crippen molar-refractivity contribution in [1.29, 1.82) is 0 Å². The van der Waals surface area contributed by atoms with Gasteiger partial charge in [-0.1, -0.05) is 53.7 Å². The summed E-state index contributed by atoms with van der Waals surface area (Å²) in [4.78, 5) is 28.7. The van der Waals surface area contributed by atoms with Crippen LogP contribution in [0.5, 0.6) is 5.75 Å². The number of anilines is 1. The summed E-state index contributed by atoms with van der Waals surface area (Å²) >= 11 is 0. The third-order valence-corrected chi connectivity index (χ3v) is 5.03. The first-order valence-electron chi connectivity index (χ1n) is 10.1. The molecular weight excluding hydrogens is 392 g/mol. The monoisotopic (exact) mass is 424 g/mol. The Kier molecular flexibility index (Phi) is 6.96. The standard InChI is InChI=1S/C24H28N2O3.CH4O/c1-23(2,3)16-11-17(24(4,5)6)20(27)12-19(16)26-22(29)15-13-25-18-10-8-7-9-14(18)21(15)28;1-2/h7-13,27H,1-6H3,(H,25,28)(H,26,29);2H,1H3. The van der Waals surface area contributed by atoms with E-state index in [9.17, 15) is 14.7 Å². The van der Waals surface area contributed by atoms with E-state index in [4.69, 9.17) is 5.11 Å². The second kappa shape index (κ2) is 8.94. The molecular formula is C25H32N2O4. The lowest BCUT2D eigenvalue weighted by molar-refractivity contribution is 0.102. The Morgan fingerprint density at radius 2 is 1.52 bits per heavy atom. The molecule has 0 unspecified atom stereocenters. The highest BCUT2D eigenvalue weighted by atomic mass is 16.3. The van der Waals surface area contributed by atoms with E-state index in [1.807, 2.05) is 53.7 Å². The molecule has 0 radical (unpaired) electrons. The first kappa shape index (κ1) is 24.2.